The maximum atomic E-state index is 11.2. The lowest BCUT2D eigenvalue weighted by molar-refractivity contribution is -0.384. The van der Waals surface area contributed by atoms with E-state index in [1.807, 2.05) is 6.92 Å². The highest BCUT2D eigenvalue weighted by Gasteiger charge is 2.24. The van der Waals surface area contributed by atoms with Gasteiger partial charge < -0.3 is 5.32 Å². The average Bonchev–Trinajstić information content (AvgIpc) is 3.03. The van der Waals surface area contributed by atoms with Crippen LogP contribution in [-0.4, -0.2) is 36.4 Å². The molecule has 0 saturated carbocycles. The molecule has 2 aromatic rings. The van der Waals surface area contributed by atoms with Crippen LogP contribution < -0.4 is 5.32 Å². The smallest absolute Gasteiger partial charge is 0.333 e. The number of aryl methyl sites for hydroxylation is 3. The first-order valence-corrected chi connectivity index (χ1v) is 6.93. The summed E-state index contributed by atoms with van der Waals surface area (Å²) >= 11 is 0. The van der Waals surface area contributed by atoms with Crippen LogP contribution >= 0.6 is 0 Å². The van der Waals surface area contributed by atoms with E-state index in [0.29, 0.717) is 24.6 Å². The largest absolute Gasteiger partial charge is 0.365 e. The molecule has 9 heteroatoms. The molecule has 0 unspecified atom stereocenters. The Morgan fingerprint density at radius 1 is 1.52 bits per heavy atom. The van der Waals surface area contributed by atoms with Crippen molar-refractivity contribution >= 4 is 11.5 Å². The fourth-order valence-corrected chi connectivity index (χ4v) is 2.15. The Morgan fingerprint density at radius 2 is 2.33 bits per heavy atom. The Hall–Kier alpha value is -2.45. The fourth-order valence-electron chi connectivity index (χ4n) is 2.15. The van der Waals surface area contributed by atoms with E-state index >= 15 is 0 Å². The molecular formula is C12H19N7O2. The molecule has 0 bridgehead atoms. The summed E-state index contributed by atoms with van der Waals surface area (Å²) < 4.78 is 1.67. The molecule has 21 heavy (non-hydrogen) atoms. The van der Waals surface area contributed by atoms with E-state index in [1.54, 1.807) is 11.6 Å². The topological polar surface area (TPSA) is 115 Å². The lowest BCUT2D eigenvalue weighted by Crippen LogP contribution is -2.11. The summed E-state index contributed by atoms with van der Waals surface area (Å²) in [5.74, 6) is 1.29. The van der Waals surface area contributed by atoms with Crippen molar-refractivity contribution in [3.8, 4) is 0 Å². The highest BCUT2D eigenvalue weighted by Crippen LogP contribution is 2.28. The van der Waals surface area contributed by atoms with Crippen molar-refractivity contribution in [1.29, 1.82) is 0 Å². The molecule has 0 amide bonds. The number of hydrogen-bond acceptors (Lipinski definition) is 6. The normalized spacial score (nSPS) is 10.8. The van der Waals surface area contributed by atoms with Crippen LogP contribution in [0.2, 0.25) is 0 Å². The van der Waals surface area contributed by atoms with E-state index in [2.05, 4.69) is 25.6 Å². The van der Waals surface area contributed by atoms with Gasteiger partial charge in [-0.25, -0.2) is 9.67 Å². The molecule has 0 aliphatic rings. The van der Waals surface area contributed by atoms with Gasteiger partial charge in [0.1, 0.15) is 17.8 Å². The summed E-state index contributed by atoms with van der Waals surface area (Å²) in [7, 11) is 0. The average molecular weight is 293 g/mol. The van der Waals surface area contributed by atoms with Crippen molar-refractivity contribution in [2.45, 2.75) is 39.7 Å². The summed E-state index contributed by atoms with van der Waals surface area (Å²) in [5, 5.41) is 25.1. The Labute approximate surface area is 121 Å². The Kier molecular flexibility index (Phi) is 4.85. The third-order valence-corrected chi connectivity index (χ3v) is 3.06. The van der Waals surface area contributed by atoms with Crippen LogP contribution in [-0.2, 0) is 13.0 Å². The second-order valence-corrected chi connectivity index (χ2v) is 4.73. The standard InChI is InChI=1S/C12H19N7O2/c1-3-7-18-12(11(19(20)21)9(2)17-18)13-6-4-5-10-14-8-15-16-10/h8,13H,3-7H2,1-2H3,(H,14,15,16). The zero-order valence-corrected chi connectivity index (χ0v) is 12.2. The fraction of sp³-hybridized carbons (Fsp3) is 0.583. The minimum atomic E-state index is -0.382. The molecule has 2 aromatic heterocycles. The van der Waals surface area contributed by atoms with Gasteiger partial charge >= 0.3 is 5.69 Å². The predicted molar refractivity (Wildman–Crippen MR) is 77.1 cm³/mol. The predicted octanol–water partition coefficient (Wildman–Crippen LogP) is 1.67. The number of nitrogens with zero attached hydrogens (tertiary/aromatic N) is 5. The van der Waals surface area contributed by atoms with Gasteiger partial charge in [0.15, 0.2) is 0 Å². The third kappa shape index (κ3) is 3.56. The van der Waals surface area contributed by atoms with Gasteiger partial charge in [0.05, 0.1) is 4.92 Å². The number of H-pyrrole nitrogens is 1. The van der Waals surface area contributed by atoms with Gasteiger partial charge in [0.25, 0.3) is 0 Å². The molecule has 114 valence electrons. The molecule has 0 atom stereocenters. The summed E-state index contributed by atoms with van der Waals surface area (Å²) in [6.45, 7) is 4.93. The highest BCUT2D eigenvalue weighted by molar-refractivity contribution is 5.59. The molecule has 2 N–H and O–H groups in total. The maximum absolute atomic E-state index is 11.2. The van der Waals surface area contributed by atoms with E-state index in [4.69, 9.17) is 0 Å². The number of aromatic amines is 1. The molecule has 0 aliphatic heterocycles. The summed E-state index contributed by atoms with van der Waals surface area (Å²) in [5.41, 5.74) is 0.495. The molecule has 2 heterocycles. The van der Waals surface area contributed by atoms with Gasteiger partial charge in [-0.3, -0.25) is 15.2 Å². The highest BCUT2D eigenvalue weighted by atomic mass is 16.6. The van der Waals surface area contributed by atoms with Crippen LogP contribution in [0.3, 0.4) is 0 Å². The van der Waals surface area contributed by atoms with E-state index < -0.39 is 0 Å². The summed E-state index contributed by atoms with van der Waals surface area (Å²) in [6.07, 6.45) is 3.86. The molecule has 0 saturated heterocycles. The second kappa shape index (κ2) is 6.82. The van der Waals surface area contributed by atoms with Crippen LogP contribution in [0.15, 0.2) is 6.33 Å². The van der Waals surface area contributed by atoms with Crippen molar-refractivity contribution in [2.75, 3.05) is 11.9 Å². The lowest BCUT2D eigenvalue weighted by atomic mass is 10.3. The Morgan fingerprint density at radius 3 is 2.95 bits per heavy atom. The molecular weight excluding hydrogens is 274 g/mol. The van der Waals surface area contributed by atoms with Gasteiger partial charge in [-0.15, -0.1) is 0 Å². The van der Waals surface area contributed by atoms with Crippen molar-refractivity contribution in [1.82, 2.24) is 25.0 Å². The van der Waals surface area contributed by atoms with E-state index in [0.717, 1.165) is 25.1 Å². The Balaban J connectivity index is 2.01. The minimum absolute atomic E-state index is 0.0584. The molecule has 0 fully saturated rings. The zero-order valence-electron chi connectivity index (χ0n) is 12.2. The van der Waals surface area contributed by atoms with Crippen molar-refractivity contribution in [3.05, 3.63) is 28.0 Å². The monoisotopic (exact) mass is 293 g/mol. The van der Waals surface area contributed by atoms with E-state index in [-0.39, 0.29) is 10.6 Å². The molecule has 0 aliphatic carbocycles. The van der Waals surface area contributed by atoms with Crippen LogP contribution in [0.4, 0.5) is 11.5 Å². The quantitative estimate of drug-likeness (QED) is 0.434. The van der Waals surface area contributed by atoms with Gasteiger partial charge in [-0.2, -0.15) is 10.2 Å². The minimum Gasteiger partial charge on any atom is -0.365 e. The number of hydrogen-bond donors (Lipinski definition) is 2. The SMILES string of the molecule is CCCn1nc(C)c([N+](=O)[O-])c1NCCCc1ncn[nH]1. The van der Waals surface area contributed by atoms with Gasteiger partial charge in [0.2, 0.25) is 5.82 Å². The van der Waals surface area contributed by atoms with Crippen molar-refractivity contribution in [2.24, 2.45) is 0 Å². The number of rotatable bonds is 8. The van der Waals surface area contributed by atoms with Crippen molar-refractivity contribution < 1.29 is 4.92 Å². The first-order valence-electron chi connectivity index (χ1n) is 6.93. The number of aromatic nitrogens is 5. The van der Waals surface area contributed by atoms with Crippen LogP contribution in [0.5, 0.6) is 0 Å². The Bertz CT molecular complexity index is 591. The van der Waals surface area contributed by atoms with Gasteiger partial charge in [0, 0.05) is 19.5 Å². The second-order valence-electron chi connectivity index (χ2n) is 4.73. The van der Waals surface area contributed by atoms with Crippen LogP contribution in [0.25, 0.3) is 0 Å². The van der Waals surface area contributed by atoms with Crippen molar-refractivity contribution in [3.63, 3.8) is 0 Å². The molecule has 2 rings (SSSR count). The van der Waals surface area contributed by atoms with Gasteiger partial charge in [-0.1, -0.05) is 6.92 Å². The first-order chi connectivity index (χ1) is 10.1. The first kappa shape index (κ1) is 14.9. The number of nitro groups is 1. The summed E-state index contributed by atoms with van der Waals surface area (Å²) in [6, 6.07) is 0. The molecule has 0 radical (unpaired) electrons. The molecule has 0 spiro atoms. The van der Waals surface area contributed by atoms with Gasteiger partial charge in [-0.05, 0) is 19.8 Å². The van der Waals surface area contributed by atoms with E-state index in [9.17, 15) is 10.1 Å². The molecule has 0 aromatic carbocycles. The molecule has 9 nitrogen and oxygen atoms in total. The zero-order chi connectivity index (χ0) is 15.2. The maximum Gasteiger partial charge on any atom is 0.333 e. The summed E-state index contributed by atoms with van der Waals surface area (Å²) in [4.78, 5) is 14.8. The van der Waals surface area contributed by atoms with Crippen LogP contribution in [0, 0.1) is 17.0 Å². The van der Waals surface area contributed by atoms with Crippen LogP contribution in [0.1, 0.15) is 31.3 Å². The number of nitrogens with one attached hydrogen (secondary N) is 2. The number of anilines is 1. The lowest BCUT2D eigenvalue weighted by Gasteiger charge is -2.07. The third-order valence-electron chi connectivity index (χ3n) is 3.06. The van der Waals surface area contributed by atoms with E-state index in [1.165, 1.54) is 6.33 Å².